The topological polar surface area (TPSA) is 47.6 Å². The van der Waals surface area contributed by atoms with Gasteiger partial charge in [-0.1, -0.05) is 17.7 Å². The number of rotatable bonds is 3. The Morgan fingerprint density at radius 3 is 2.70 bits per heavy atom. The fraction of sp³-hybridized carbons (Fsp3) is 0.278. The van der Waals surface area contributed by atoms with Crippen LogP contribution in [0.1, 0.15) is 27.0 Å². The van der Waals surface area contributed by atoms with Gasteiger partial charge in [-0.3, -0.25) is 4.79 Å². The number of amides is 1. The van der Waals surface area contributed by atoms with Gasteiger partial charge in [-0.05, 0) is 54.8 Å². The molecule has 1 heterocycles. The van der Waals surface area contributed by atoms with E-state index in [1.807, 2.05) is 38.1 Å². The highest BCUT2D eigenvalue weighted by molar-refractivity contribution is 6.32. The number of benzene rings is 2. The third-order valence-corrected chi connectivity index (χ3v) is 4.16. The predicted molar refractivity (Wildman–Crippen MR) is 89.5 cm³/mol. The Morgan fingerprint density at radius 1 is 1.13 bits per heavy atom. The number of halogens is 1. The standard InChI is InChI=1S/C18H18ClNO3/c1-11-3-4-14(7-12(11)2)18(21)20-10-13-8-15(19)17-16(9-13)22-5-6-23-17/h3-4,7-9H,5-6,10H2,1-2H3,(H,20,21). The molecular formula is C18H18ClNO3. The number of ether oxygens (including phenoxy) is 2. The normalized spacial score (nSPS) is 12.8. The van der Waals surface area contributed by atoms with E-state index in [1.165, 1.54) is 5.56 Å². The Kier molecular flexibility index (Phi) is 4.44. The Morgan fingerprint density at radius 2 is 1.91 bits per heavy atom. The van der Waals surface area contributed by atoms with Crippen LogP contribution in [0.15, 0.2) is 30.3 Å². The third kappa shape index (κ3) is 3.42. The first-order valence-electron chi connectivity index (χ1n) is 7.48. The first kappa shape index (κ1) is 15.7. The lowest BCUT2D eigenvalue weighted by Gasteiger charge is -2.20. The maximum absolute atomic E-state index is 12.3. The lowest BCUT2D eigenvalue weighted by atomic mass is 10.1. The molecule has 2 aromatic rings. The van der Waals surface area contributed by atoms with Gasteiger partial charge in [0, 0.05) is 12.1 Å². The molecule has 0 bridgehead atoms. The summed E-state index contributed by atoms with van der Waals surface area (Å²) in [6.45, 7) is 5.39. The molecule has 0 unspecified atom stereocenters. The summed E-state index contributed by atoms with van der Waals surface area (Å²) in [6.07, 6.45) is 0. The fourth-order valence-corrected chi connectivity index (χ4v) is 2.72. The highest BCUT2D eigenvalue weighted by Gasteiger charge is 2.17. The van der Waals surface area contributed by atoms with Gasteiger partial charge in [-0.2, -0.15) is 0 Å². The molecule has 5 heteroatoms. The van der Waals surface area contributed by atoms with E-state index in [0.29, 0.717) is 41.8 Å². The molecule has 0 saturated heterocycles. The minimum atomic E-state index is -0.112. The van der Waals surface area contributed by atoms with E-state index in [-0.39, 0.29) is 5.91 Å². The zero-order valence-electron chi connectivity index (χ0n) is 13.1. The van der Waals surface area contributed by atoms with Crippen molar-refractivity contribution in [1.82, 2.24) is 5.32 Å². The van der Waals surface area contributed by atoms with Crippen LogP contribution in [0.5, 0.6) is 11.5 Å². The average molecular weight is 332 g/mol. The van der Waals surface area contributed by atoms with Crippen molar-refractivity contribution in [3.63, 3.8) is 0 Å². The van der Waals surface area contributed by atoms with Crippen molar-refractivity contribution in [1.29, 1.82) is 0 Å². The lowest BCUT2D eigenvalue weighted by Crippen LogP contribution is -2.23. The molecule has 0 radical (unpaired) electrons. The SMILES string of the molecule is Cc1ccc(C(=O)NCc2cc(Cl)c3c(c2)OCCO3)cc1C. The molecule has 3 rings (SSSR count). The second-order valence-electron chi connectivity index (χ2n) is 5.58. The van der Waals surface area contributed by atoms with E-state index in [9.17, 15) is 4.79 Å². The zero-order valence-corrected chi connectivity index (χ0v) is 13.9. The molecule has 23 heavy (non-hydrogen) atoms. The summed E-state index contributed by atoms with van der Waals surface area (Å²) in [7, 11) is 0. The maximum atomic E-state index is 12.3. The molecule has 120 valence electrons. The molecule has 4 nitrogen and oxygen atoms in total. The summed E-state index contributed by atoms with van der Waals surface area (Å²) in [5.41, 5.74) is 3.79. The smallest absolute Gasteiger partial charge is 0.251 e. The molecule has 1 aliphatic rings. The first-order valence-corrected chi connectivity index (χ1v) is 7.86. The van der Waals surface area contributed by atoms with Crippen LogP contribution in [0.2, 0.25) is 5.02 Å². The number of carbonyl (C=O) groups excluding carboxylic acids is 1. The van der Waals surface area contributed by atoms with Crippen LogP contribution in [0.3, 0.4) is 0 Å². The van der Waals surface area contributed by atoms with E-state index in [0.717, 1.165) is 11.1 Å². The summed E-state index contributed by atoms with van der Waals surface area (Å²) in [4.78, 5) is 12.3. The van der Waals surface area contributed by atoms with Crippen LogP contribution in [0, 0.1) is 13.8 Å². The number of aryl methyl sites for hydroxylation is 2. The van der Waals surface area contributed by atoms with Gasteiger partial charge in [0.15, 0.2) is 11.5 Å². The van der Waals surface area contributed by atoms with Crippen LogP contribution < -0.4 is 14.8 Å². The highest BCUT2D eigenvalue weighted by atomic mass is 35.5. The first-order chi connectivity index (χ1) is 11.0. The maximum Gasteiger partial charge on any atom is 0.251 e. The fourth-order valence-electron chi connectivity index (χ4n) is 2.43. The summed E-state index contributed by atoms with van der Waals surface area (Å²) in [6, 6.07) is 9.30. The Hall–Kier alpha value is -2.20. The minimum absolute atomic E-state index is 0.112. The summed E-state index contributed by atoms with van der Waals surface area (Å²) >= 11 is 6.20. The van der Waals surface area contributed by atoms with Gasteiger partial charge in [-0.15, -0.1) is 0 Å². The predicted octanol–water partition coefficient (Wildman–Crippen LogP) is 3.66. The molecule has 0 aliphatic carbocycles. The van der Waals surface area contributed by atoms with Crippen molar-refractivity contribution in [2.75, 3.05) is 13.2 Å². The second kappa shape index (κ2) is 6.50. The van der Waals surface area contributed by atoms with Gasteiger partial charge in [0.25, 0.3) is 5.91 Å². The van der Waals surface area contributed by atoms with Crippen molar-refractivity contribution in [2.45, 2.75) is 20.4 Å². The molecule has 0 saturated carbocycles. The number of hydrogen-bond donors (Lipinski definition) is 1. The van der Waals surface area contributed by atoms with Gasteiger partial charge in [0.1, 0.15) is 13.2 Å². The number of hydrogen-bond acceptors (Lipinski definition) is 3. The third-order valence-electron chi connectivity index (χ3n) is 3.88. The largest absolute Gasteiger partial charge is 0.486 e. The van der Waals surface area contributed by atoms with Crippen LogP contribution in [0.25, 0.3) is 0 Å². The molecule has 1 amide bonds. The summed E-state index contributed by atoms with van der Waals surface area (Å²) in [5, 5.41) is 3.40. The van der Waals surface area contributed by atoms with E-state index < -0.39 is 0 Å². The van der Waals surface area contributed by atoms with Crippen LogP contribution in [-0.2, 0) is 6.54 Å². The Bertz CT molecular complexity index is 758. The van der Waals surface area contributed by atoms with Gasteiger partial charge >= 0.3 is 0 Å². The molecule has 1 N–H and O–H groups in total. The van der Waals surface area contributed by atoms with E-state index in [2.05, 4.69) is 5.32 Å². The zero-order chi connectivity index (χ0) is 16.4. The van der Waals surface area contributed by atoms with Gasteiger partial charge in [0.05, 0.1) is 5.02 Å². The summed E-state index contributed by atoms with van der Waals surface area (Å²) in [5.74, 6) is 1.08. The highest BCUT2D eigenvalue weighted by Crippen LogP contribution is 2.38. The Balaban J connectivity index is 1.71. The molecule has 0 fully saturated rings. The van der Waals surface area contributed by atoms with E-state index in [4.69, 9.17) is 21.1 Å². The second-order valence-corrected chi connectivity index (χ2v) is 5.99. The Labute approximate surface area is 140 Å². The van der Waals surface area contributed by atoms with Crippen molar-refractivity contribution in [3.05, 3.63) is 57.6 Å². The van der Waals surface area contributed by atoms with Crippen LogP contribution >= 0.6 is 11.6 Å². The monoisotopic (exact) mass is 331 g/mol. The van der Waals surface area contributed by atoms with E-state index in [1.54, 1.807) is 6.07 Å². The van der Waals surface area contributed by atoms with Crippen molar-refractivity contribution < 1.29 is 14.3 Å². The molecule has 1 aliphatic heterocycles. The van der Waals surface area contributed by atoms with Gasteiger partial charge in [0.2, 0.25) is 0 Å². The van der Waals surface area contributed by atoms with Crippen molar-refractivity contribution in [3.8, 4) is 11.5 Å². The van der Waals surface area contributed by atoms with Crippen molar-refractivity contribution >= 4 is 17.5 Å². The average Bonchev–Trinajstić information content (AvgIpc) is 2.55. The summed E-state index contributed by atoms with van der Waals surface area (Å²) < 4.78 is 11.0. The number of carbonyl (C=O) groups is 1. The molecule has 0 atom stereocenters. The molecular weight excluding hydrogens is 314 g/mol. The lowest BCUT2D eigenvalue weighted by molar-refractivity contribution is 0.0950. The number of nitrogens with one attached hydrogen (secondary N) is 1. The van der Waals surface area contributed by atoms with Gasteiger partial charge in [-0.25, -0.2) is 0 Å². The van der Waals surface area contributed by atoms with Crippen LogP contribution in [-0.4, -0.2) is 19.1 Å². The molecule has 0 aromatic heterocycles. The van der Waals surface area contributed by atoms with Gasteiger partial charge < -0.3 is 14.8 Å². The van der Waals surface area contributed by atoms with E-state index >= 15 is 0 Å². The molecule has 2 aromatic carbocycles. The molecule has 0 spiro atoms. The van der Waals surface area contributed by atoms with Crippen LogP contribution in [0.4, 0.5) is 0 Å². The minimum Gasteiger partial charge on any atom is -0.486 e. The quantitative estimate of drug-likeness (QED) is 0.933. The van der Waals surface area contributed by atoms with Crippen molar-refractivity contribution in [2.24, 2.45) is 0 Å². The number of fused-ring (bicyclic) bond motifs is 1.